The Balaban J connectivity index is 2.35. The zero-order chi connectivity index (χ0) is 15.6. The summed E-state index contributed by atoms with van der Waals surface area (Å²) in [5, 5.41) is 0.239. The summed E-state index contributed by atoms with van der Waals surface area (Å²) in [4.78, 5) is 14.6. The van der Waals surface area contributed by atoms with Crippen molar-refractivity contribution in [3.05, 3.63) is 47.2 Å². The molecule has 0 spiro atoms. The largest absolute Gasteiger partial charge is 0.398 e. The number of primary amides is 1. The summed E-state index contributed by atoms with van der Waals surface area (Å²) < 4.78 is 26.7. The normalized spacial score (nSPS) is 11.1. The molecule has 0 saturated heterocycles. The third kappa shape index (κ3) is 3.41. The van der Waals surface area contributed by atoms with E-state index in [1.54, 1.807) is 0 Å². The molecule has 0 aliphatic carbocycles. The fraction of sp³-hybridized carbons (Fsp3) is 0. The lowest BCUT2D eigenvalue weighted by molar-refractivity contribution is 0.1000. The molecule has 0 unspecified atom stereocenters. The molecule has 9 heteroatoms. The number of pyridine rings is 1. The van der Waals surface area contributed by atoms with Crippen LogP contribution in [0.5, 0.6) is 0 Å². The van der Waals surface area contributed by atoms with Gasteiger partial charge in [-0.3, -0.25) is 9.52 Å². The van der Waals surface area contributed by atoms with Crippen LogP contribution in [-0.2, 0) is 10.0 Å². The number of amides is 1. The summed E-state index contributed by atoms with van der Waals surface area (Å²) in [6.07, 6.45) is 1.27. The van der Waals surface area contributed by atoms with Crippen LogP contribution in [0.25, 0.3) is 0 Å². The Hall–Kier alpha value is -2.32. The molecule has 0 aliphatic rings. The fourth-order valence-corrected chi connectivity index (χ4v) is 2.86. The van der Waals surface area contributed by atoms with Crippen LogP contribution in [-0.4, -0.2) is 19.3 Å². The van der Waals surface area contributed by atoms with Crippen molar-refractivity contribution in [3.8, 4) is 0 Å². The molecule has 110 valence electrons. The minimum Gasteiger partial charge on any atom is -0.398 e. The van der Waals surface area contributed by atoms with Crippen LogP contribution in [0.2, 0.25) is 5.15 Å². The number of nitrogens with zero attached hydrogens (tertiary/aromatic N) is 1. The van der Waals surface area contributed by atoms with Gasteiger partial charge in [0.2, 0.25) is 5.91 Å². The summed E-state index contributed by atoms with van der Waals surface area (Å²) in [5.41, 5.74) is 11.0. The topological polar surface area (TPSA) is 128 Å². The van der Waals surface area contributed by atoms with Crippen molar-refractivity contribution in [3.63, 3.8) is 0 Å². The lowest BCUT2D eigenvalue weighted by atomic mass is 10.2. The van der Waals surface area contributed by atoms with E-state index >= 15 is 0 Å². The van der Waals surface area contributed by atoms with E-state index in [-0.39, 0.29) is 27.0 Å². The van der Waals surface area contributed by atoms with Gasteiger partial charge in [0, 0.05) is 5.56 Å². The van der Waals surface area contributed by atoms with E-state index < -0.39 is 15.9 Å². The minimum absolute atomic E-state index is 0.0827. The lowest BCUT2D eigenvalue weighted by Crippen LogP contribution is -2.17. The number of nitrogen functional groups attached to an aromatic ring is 1. The van der Waals surface area contributed by atoms with Crippen molar-refractivity contribution in [1.82, 2.24) is 4.98 Å². The van der Waals surface area contributed by atoms with E-state index in [9.17, 15) is 13.2 Å². The van der Waals surface area contributed by atoms with E-state index in [2.05, 4.69) is 9.71 Å². The first kappa shape index (κ1) is 15.1. The molecule has 0 aliphatic heterocycles. The summed E-state index contributed by atoms with van der Waals surface area (Å²) in [6, 6.07) is 6.60. The van der Waals surface area contributed by atoms with Gasteiger partial charge >= 0.3 is 0 Å². The number of anilines is 2. The Morgan fingerprint density at radius 3 is 2.48 bits per heavy atom. The van der Waals surface area contributed by atoms with Gasteiger partial charge in [-0.15, -0.1) is 0 Å². The molecule has 1 heterocycles. The number of nitrogens with one attached hydrogen (secondary N) is 1. The first-order valence-corrected chi connectivity index (χ1v) is 7.49. The molecule has 0 fully saturated rings. The van der Waals surface area contributed by atoms with E-state index in [1.807, 2.05) is 0 Å². The maximum atomic E-state index is 12.2. The van der Waals surface area contributed by atoms with Gasteiger partial charge in [-0.1, -0.05) is 11.6 Å². The maximum absolute atomic E-state index is 12.2. The summed E-state index contributed by atoms with van der Waals surface area (Å²) in [5.74, 6) is -0.694. The van der Waals surface area contributed by atoms with Crippen LogP contribution < -0.4 is 16.2 Å². The Bertz CT molecular complexity index is 791. The molecule has 1 aromatic heterocycles. The van der Waals surface area contributed by atoms with Gasteiger partial charge in [0.1, 0.15) is 10.0 Å². The Kier molecular flexibility index (Phi) is 4.01. The number of halogens is 1. The van der Waals surface area contributed by atoms with Crippen molar-refractivity contribution in [2.24, 2.45) is 5.73 Å². The van der Waals surface area contributed by atoms with Gasteiger partial charge in [-0.25, -0.2) is 13.4 Å². The van der Waals surface area contributed by atoms with Crippen molar-refractivity contribution >= 4 is 38.9 Å². The molecular formula is C12H11ClN4O3S. The maximum Gasteiger partial charge on any atom is 0.263 e. The minimum atomic E-state index is -3.91. The highest BCUT2D eigenvalue weighted by Crippen LogP contribution is 2.22. The predicted octanol–water partition coefficient (Wildman–Crippen LogP) is 1.22. The van der Waals surface area contributed by atoms with Gasteiger partial charge in [0.25, 0.3) is 10.0 Å². The summed E-state index contributed by atoms with van der Waals surface area (Å²) in [6.45, 7) is 0. The van der Waals surface area contributed by atoms with Gasteiger partial charge in [-0.05, 0) is 30.3 Å². The second kappa shape index (κ2) is 5.58. The number of carbonyl (C=O) groups is 1. The van der Waals surface area contributed by atoms with Crippen LogP contribution in [0.1, 0.15) is 10.4 Å². The van der Waals surface area contributed by atoms with E-state index in [0.29, 0.717) is 0 Å². The third-order valence-corrected chi connectivity index (χ3v) is 4.24. The smallest absolute Gasteiger partial charge is 0.263 e. The van der Waals surface area contributed by atoms with Crippen LogP contribution in [0.4, 0.5) is 11.4 Å². The third-order valence-electron chi connectivity index (χ3n) is 2.56. The molecular weight excluding hydrogens is 316 g/mol. The van der Waals surface area contributed by atoms with Gasteiger partial charge < -0.3 is 11.5 Å². The molecule has 1 amide bonds. The van der Waals surface area contributed by atoms with Gasteiger partial charge in [-0.2, -0.15) is 0 Å². The quantitative estimate of drug-likeness (QED) is 0.574. The van der Waals surface area contributed by atoms with Crippen LogP contribution >= 0.6 is 11.6 Å². The fourth-order valence-electron chi connectivity index (χ4n) is 1.59. The number of aromatic nitrogens is 1. The highest BCUT2D eigenvalue weighted by Gasteiger charge is 2.18. The van der Waals surface area contributed by atoms with Crippen LogP contribution in [0.15, 0.2) is 41.4 Å². The molecule has 2 aromatic rings. The highest BCUT2D eigenvalue weighted by molar-refractivity contribution is 7.92. The van der Waals surface area contributed by atoms with Gasteiger partial charge in [0.05, 0.1) is 17.6 Å². The number of benzene rings is 1. The molecule has 0 saturated carbocycles. The molecule has 21 heavy (non-hydrogen) atoms. The number of hydrogen-bond acceptors (Lipinski definition) is 5. The second-order valence-electron chi connectivity index (χ2n) is 4.09. The lowest BCUT2D eigenvalue weighted by Gasteiger charge is -2.10. The molecule has 1 aromatic carbocycles. The molecule has 7 nitrogen and oxygen atoms in total. The Morgan fingerprint density at radius 1 is 1.24 bits per heavy atom. The number of nitrogens with two attached hydrogens (primary N) is 2. The predicted molar refractivity (Wildman–Crippen MR) is 79.4 cm³/mol. The van der Waals surface area contributed by atoms with E-state index in [1.165, 1.54) is 36.5 Å². The first-order valence-electron chi connectivity index (χ1n) is 5.63. The molecule has 0 atom stereocenters. The van der Waals surface area contributed by atoms with Crippen molar-refractivity contribution in [2.45, 2.75) is 4.90 Å². The summed E-state index contributed by atoms with van der Waals surface area (Å²) >= 11 is 5.62. The average Bonchev–Trinajstić information content (AvgIpc) is 2.40. The SMILES string of the molecule is NC(=O)c1ccc(S(=O)(=O)Nc2ccc(Cl)nc2)c(N)c1. The van der Waals surface area contributed by atoms with Crippen LogP contribution in [0.3, 0.4) is 0 Å². The molecule has 2 rings (SSSR count). The average molecular weight is 327 g/mol. The Morgan fingerprint density at radius 2 is 1.95 bits per heavy atom. The molecule has 5 N–H and O–H groups in total. The summed E-state index contributed by atoms with van der Waals surface area (Å²) in [7, 11) is -3.91. The molecule has 0 radical (unpaired) electrons. The van der Waals surface area contributed by atoms with Crippen molar-refractivity contribution in [1.29, 1.82) is 0 Å². The van der Waals surface area contributed by atoms with E-state index in [4.69, 9.17) is 23.1 Å². The standard InChI is InChI=1S/C12H11ClN4O3S/c13-11-4-2-8(6-16-11)17-21(19,20)10-3-1-7(12(15)18)5-9(10)14/h1-6,17H,14H2,(H2,15,18). The monoisotopic (exact) mass is 326 g/mol. The van der Waals surface area contributed by atoms with Crippen molar-refractivity contribution < 1.29 is 13.2 Å². The van der Waals surface area contributed by atoms with Crippen molar-refractivity contribution in [2.75, 3.05) is 10.5 Å². The zero-order valence-corrected chi connectivity index (χ0v) is 12.1. The number of hydrogen-bond donors (Lipinski definition) is 3. The highest BCUT2D eigenvalue weighted by atomic mass is 35.5. The van der Waals surface area contributed by atoms with Crippen LogP contribution in [0, 0.1) is 0 Å². The number of carbonyl (C=O) groups excluding carboxylic acids is 1. The second-order valence-corrected chi connectivity index (χ2v) is 6.13. The van der Waals surface area contributed by atoms with Gasteiger partial charge in [0.15, 0.2) is 0 Å². The number of sulfonamides is 1. The Labute approximate surface area is 126 Å². The molecule has 0 bridgehead atoms. The number of rotatable bonds is 4. The first-order chi connectivity index (χ1) is 9.79. The van der Waals surface area contributed by atoms with E-state index in [0.717, 1.165) is 0 Å². The zero-order valence-electron chi connectivity index (χ0n) is 10.6.